The molecule has 0 aliphatic heterocycles. The second kappa shape index (κ2) is 5.43. The molecular weight excluding hydrogens is 300 g/mol. The Kier molecular flexibility index (Phi) is 4.07. The van der Waals surface area contributed by atoms with Crippen LogP contribution in [0.15, 0.2) is 41.0 Å². The molecule has 0 spiro atoms. The zero-order valence-corrected chi connectivity index (χ0v) is 13.2. The Morgan fingerprint density at radius 1 is 1.21 bits per heavy atom. The molecule has 100 valence electrons. The van der Waals surface area contributed by atoms with Crippen molar-refractivity contribution >= 4 is 15.9 Å². The molecule has 0 saturated heterocycles. The van der Waals surface area contributed by atoms with E-state index in [1.807, 2.05) is 18.3 Å². The third-order valence-electron chi connectivity index (χ3n) is 3.35. The van der Waals surface area contributed by atoms with Crippen molar-refractivity contribution in [2.45, 2.75) is 32.7 Å². The van der Waals surface area contributed by atoms with Gasteiger partial charge in [-0.1, -0.05) is 23.8 Å². The van der Waals surface area contributed by atoms with Gasteiger partial charge < -0.3 is 5.73 Å². The van der Waals surface area contributed by atoms with Gasteiger partial charge >= 0.3 is 0 Å². The van der Waals surface area contributed by atoms with Crippen LogP contribution in [0.25, 0.3) is 0 Å². The van der Waals surface area contributed by atoms with E-state index in [9.17, 15) is 0 Å². The number of hydrogen-bond acceptors (Lipinski definition) is 2. The second-order valence-electron chi connectivity index (χ2n) is 5.38. The van der Waals surface area contributed by atoms with Crippen LogP contribution >= 0.6 is 15.9 Å². The maximum atomic E-state index is 6.53. The van der Waals surface area contributed by atoms with Crippen LogP contribution in [0, 0.1) is 13.8 Å². The first-order valence-electron chi connectivity index (χ1n) is 6.35. The summed E-state index contributed by atoms with van der Waals surface area (Å²) in [7, 11) is 0. The maximum Gasteiger partial charge on any atom is 0.0439 e. The Hall–Kier alpha value is -1.19. The van der Waals surface area contributed by atoms with Gasteiger partial charge in [0.2, 0.25) is 0 Å². The summed E-state index contributed by atoms with van der Waals surface area (Å²) in [6.45, 7) is 6.27. The monoisotopic (exact) mass is 318 g/mol. The molecule has 0 aliphatic rings. The lowest BCUT2D eigenvalue weighted by Gasteiger charge is -2.27. The summed E-state index contributed by atoms with van der Waals surface area (Å²) < 4.78 is 0.988. The molecule has 1 unspecified atom stereocenters. The van der Waals surface area contributed by atoms with Crippen molar-refractivity contribution in [3.63, 3.8) is 0 Å². The zero-order chi connectivity index (χ0) is 14.0. The van der Waals surface area contributed by atoms with Crippen LogP contribution in [-0.4, -0.2) is 4.98 Å². The van der Waals surface area contributed by atoms with Crippen molar-refractivity contribution in [2.75, 3.05) is 0 Å². The standard InChI is InChI=1S/C16H19BrN2/c1-11-4-5-12(2)15(8-11)16(3,18)9-14-7-6-13(17)10-19-14/h4-8,10H,9,18H2,1-3H3. The number of hydrogen-bond donors (Lipinski definition) is 1. The highest BCUT2D eigenvalue weighted by Crippen LogP contribution is 2.26. The van der Waals surface area contributed by atoms with Gasteiger partial charge in [0.25, 0.3) is 0 Å². The molecule has 2 N–H and O–H groups in total. The molecule has 0 amide bonds. The molecular formula is C16H19BrN2. The van der Waals surface area contributed by atoms with Gasteiger partial charge in [0.1, 0.15) is 0 Å². The predicted octanol–water partition coefficient (Wildman–Crippen LogP) is 3.88. The van der Waals surface area contributed by atoms with Gasteiger partial charge in [-0.15, -0.1) is 0 Å². The van der Waals surface area contributed by atoms with Gasteiger partial charge in [-0.2, -0.15) is 0 Å². The predicted molar refractivity (Wildman–Crippen MR) is 83.1 cm³/mol. The Balaban J connectivity index is 2.31. The minimum Gasteiger partial charge on any atom is -0.321 e. The van der Waals surface area contributed by atoms with E-state index in [4.69, 9.17) is 5.73 Å². The number of halogens is 1. The van der Waals surface area contributed by atoms with Crippen molar-refractivity contribution in [2.24, 2.45) is 5.73 Å². The smallest absolute Gasteiger partial charge is 0.0439 e. The summed E-state index contributed by atoms with van der Waals surface area (Å²) >= 11 is 3.40. The van der Waals surface area contributed by atoms with Gasteiger partial charge in [-0.3, -0.25) is 4.98 Å². The van der Waals surface area contributed by atoms with Crippen LogP contribution in [0.3, 0.4) is 0 Å². The Morgan fingerprint density at radius 3 is 2.58 bits per heavy atom. The number of aromatic nitrogens is 1. The third-order valence-corrected chi connectivity index (χ3v) is 3.81. The molecule has 2 rings (SSSR count). The molecule has 1 heterocycles. The molecule has 1 aromatic carbocycles. The first-order valence-corrected chi connectivity index (χ1v) is 7.15. The van der Waals surface area contributed by atoms with E-state index in [1.54, 1.807) is 0 Å². The molecule has 0 fully saturated rings. The Labute approximate surface area is 123 Å². The van der Waals surface area contributed by atoms with Crippen LogP contribution in [-0.2, 0) is 12.0 Å². The Bertz CT molecular complexity index is 574. The zero-order valence-electron chi connectivity index (χ0n) is 11.6. The molecule has 3 heteroatoms. The van der Waals surface area contributed by atoms with Crippen molar-refractivity contribution < 1.29 is 0 Å². The molecule has 0 bridgehead atoms. The number of rotatable bonds is 3. The number of benzene rings is 1. The molecule has 1 aromatic heterocycles. The lowest BCUT2D eigenvalue weighted by Crippen LogP contribution is -2.36. The summed E-state index contributed by atoms with van der Waals surface area (Å²) in [5.41, 5.74) is 10.8. The number of pyridine rings is 1. The minimum atomic E-state index is -0.406. The summed E-state index contributed by atoms with van der Waals surface area (Å²) in [6, 6.07) is 10.4. The summed E-state index contributed by atoms with van der Waals surface area (Å²) in [5, 5.41) is 0. The minimum absolute atomic E-state index is 0.406. The van der Waals surface area contributed by atoms with E-state index >= 15 is 0 Å². The quantitative estimate of drug-likeness (QED) is 0.932. The second-order valence-corrected chi connectivity index (χ2v) is 6.30. The molecule has 2 nitrogen and oxygen atoms in total. The summed E-state index contributed by atoms with van der Waals surface area (Å²) in [4.78, 5) is 4.41. The number of nitrogens with two attached hydrogens (primary N) is 1. The normalized spacial score (nSPS) is 14.2. The van der Waals surface area contributed by atoms with E-state index in [-0.39, 0.29) is 0 Å². The SMILES string of the molecule is Cc1ccc(C)c(C(C)(N)Cc2ccc(Br)cn2)c1. The lowest BCUT2D eigenvalue weighted by atomic mass is 9.84. The van der Waals surface area contributed by atoms with E-state index in [0.29, 0.717) is 0 Å². The van der Waals surface area contributed by atoms with Gasteiger partial charge in [0.15, 0.2) is 0 Å². The topological polar surface area (TPSA) is 38.9 Å². The van der Waals surface area contributed by atoms with Gasteiger partial charge in [0, 0.05) is 28.3 Å². The fourth-order valence-electron chi connectivity index (χ4n) is 2.33. The van der Waals surface area contributed by atoms with Gasteiger partial charge in [0.05, 0.1) is 0 Å². The first-order chi connectivity index (χ1) is 8.88. The van der Waals surface area contributed by atoms with Gasteiger partial charge in [-0.05, 0) is 60.0 Å². The van der Waals surface area contributed by atoms with Crippen molar-refractivity contribution in [1.29, 1.82) is 0 Å². The van der Waals surface area contributed by atoms with E-state index in [2.05, 4.69) is 59.9 Å². The van der Waals surface area contributed by atoms with Crippen molar-refractivity contribution in [1.82, 2.24) is 4.98 Å². The Morgan fingerprint density at radius 2 is 1.95 bits per heavy atom. The highest BCUT2D eigenvalue weighted by atomic mass is 79.9. The average molecular weight is 319 g/mol. The molecule has 19 heavy (non-hydrogen) atoms. The third kappa shape index (κ3) is 3.43. The van der Waals surface area contributed by atoms with E-state index < -0.39 is 5.54 Å². The fraction of sp³-hybridized carbons (Fsp3) is 0.312. The van der Waals surface area contributed by atoms with Crippen molar-refractivity contribution in [3.8, 4) is 0 Å². The largest absolute Gasteiger partial charge is 0.321 e. The van der Waals surface area contributed by atoms with Crippen LogP contribution < -0.4 is 5.73 Å². The van der Waals surface area contributed by atoms with Crippen LogP contribution in [0.2, 0.25) is 0 Å². The van der Waals surface area contributed by atoms with Crippen LogP contribution in [0.4, 0.5) is 0 Å². The van der Waals surface area contributed by atoms with E-state index in [1.165, 1.54) is 16.7 Å². The molecule has 1 atom stereocenters. The van der Waals surface area contributed by atoms with Crippen LogP contribution in [0.1, 0.15) is 29.3 Å². The number of aryl methyl sites for hydroxylation is 2. The fourth-order valence-corrected chi connectivity index (χ4v) is 2.57. The molecule has 0 aliphatic carbocycles. The molecule has 0 radical (unpaired) electrons. The molecule has 0 saturated carbocycles. The van der Waals surface area contributed by atoms with Gasteiger partial charge in [-0.25, -0.2) is 0 Å². The summed E-state index contributed by atoms with van der Waals surface area (Å²) in [5.74, 6) is 0. The molecule has 2 aromatic rings. The maximum absolute atomic E-state index is 6.53. The average Bonchev–Trinajstić information content (AvgIpc) is 2.35. The lowest BCUT2D eigenvalue weighted by molar-refractivity contribution is 0.482. The first kappa shape index (κ1) is 14.2. The van der Waals surface area contributed by atoms with Crippen LogP contribution in [0.5, 0.6) is 0 Å². The van der Waals surface area contributed by atoms with Crippen molar-refractivity contribution in [3.05, 3.63) is 63.4 Å². The number of nitrogens with zero attached hydrogens (tertiary/aromatic N) is 1. The highest BCUT2D eigenvalue weighted by molar-refractivity contribution is 9.10. The summed E-state index contributed by atoms with van der Waals surface area (Å²) in [6.07, 6.45) is 2.54. The highest BCUT2D eigenvalue weighted by Gasteiger charge is 2.24. The van der Waals surface area contributed by atoms with E-state index in [0.717, 1.165) is 16.6 Å².